The van der Waals surface area contributed by atoms with Gasteiger partial charge in [-0.1, -0.05) is 13.0 Å². The number of benzene rings is 2. The normalized spacial score (nSPS) is 15.3. The lowest BCUT2D eigenvalue weighted by Gasteiger charge is -2.35. The Hall–Kier alpha value is -3.69. The number of hydrogen-bond acceptors (Lipinski definition) is 7. The Labute approximate surface area is 220 Å². The summed E-state index contributed by atoms with van der Waals surface area (Å²) in [6.45, 7) is 8.76. The maximum Gasteiger partial charge on any atom is 0.174 e. The van der Waals surface area contributed by atoms with Crippen LogP contribution >= 0.6 is 0 Å². The SMILES string of the molecule is CCN1CCN(c2ccc(Cc3cc4cc(C(O)c5c(F)c(C)cc(OC)c5F)oc4cn3)c(N)c2)CC1. The molecule has 4 aromatic rings. The Morgan fingerprint density at radius 3 is 2.55 bits per heavy atom. The fourth-order valence-electron chi connectivity index (χ4n) is 5.00. The van der Waals surface area contributed by atoms with Gasteiger partial charge in [-0.05, 0) is 54.9 Å². The molecule has 0 amide bonds. The first-order valence-electron chi connectivity index (χ1n) is 12.7. The first kappa shape index (κ1) is 25.9. The van der Waals surface area contributed by atoms with Crippen LogP contribution in [0.3, 0.4) is 0 Å². The first-order valence-corrected chi connectivity index (χ1v) is 12.7. The highest BCUT2D eigenvalue weighted by Gasteiger charge is 2.27. The molecule has 0 saturated carbocycles. The summed E-state index contributed by atoms with van der Waals surface area (Å²) in [5, 5.41) is 11.5. The van der Waals surface area contributed by atoms with Gasteiger partial charge in [-0.2, -0.15) is 0 Å². The maximum atomic E-state index is 14.8. The molecular weight excluding hydrogens is 490 g/mol. The van der Waals surface area contributed by atoms with Crippen LogP contribution in [0.5, 0.6) is 5.75 Å². The van der Waals surface area contributed by atoms with E-state index in [4.69, 9.17) is 14.9 Å². The van der Waals surface area contributed by atoms with Gasteiger partial charge in [0.2, 0.25) is 0 Å². The Morgan fingerprint density at radius 1 is 1.11 bits per heavy atom. The van der Waals surface area contributed by atoms with E-state index in [2.05, 4.69) is 27.8 Å². The number of aryl methyl sites for hydroxylation is 1. The highest BCUT2D eigenvalue weighted by Crippen LogP contribution is 2.36. The predicted octanol–water partition coefficient (Wildman–Crippen LogP) is 4.82. The van der Waals surface area contributed by atoms with Crippen LogP contribution in [0.4, 0.5) is 20.2 Å². The first-order chi connectivity index (χ1) is 18.3. The van der Waals surface area contributed by atoms with Gasteiger partial charge < -0.3 is 29.8 Å². The van der Waals surface area contributed by atoms with E-state index in [1.165, 1.54) is 20.1 Å². The Balaban J connectivity index is 1.36. The predicted molar refractivity (Wildman–Crippen MR) is 144 cm³/mol. The van der Waals surface area contributed by atoms with Gasteiger partial charge in [-0.15, -0.1) is 0 Å². The van der Waals surface area contributed by atoms with E-state index in [0.29, 0.717) is 23.1 Å². The molecule has 1 atom stereocenters. The average Bonchev–Trinajstić information content (AvgIpc) is 3.35. The number of aromatic nitrogens is 1. The Kier molecular flexibility index (Phi) is 7.23. The van der Waals surface area contributed by atoms with Gasteiger partial charge in [0.1, 0.15) is 17.7 Å². The molecule has 1 saturated heterocycles. The summed E-state index contributed by atoms with van der Waals surface area (Å²) in [7, 11) is 1.29. The Morgan fingerprint density at radius 2 is 1.87 bits per heavy atom. The molecule has 0 bridgehead atoms. The van der Waals surface area contributed by atoms with E-state index in [0.717, 1.165) is 49.7 Å². The van der Waals surface area contributed by atoms with Crippen LogP contribution in [0.25, 0.3) is 11.0 Å². The molecule has 1 unspecified atom stereocenters. The number of nitrogens with two attached hydrogens (primary N) is 1. The number of fused-ring (bicyclic) bond motifs is 1. The zero-order valence-corrected chi connectivity index (χ0v) is 21.8. The number of aliphatic hydroxyl groups excluding tert-OH is 1. The molecule has 0 radical (unpaired) electrons. The summed E-state index contributed by atoms with van der Waals surface area (Å²) in [5.41, 5.74) is 9.98. The third kappa shape index (κ3) is 4.91. The van der Waals surface area contributed by atoms with Crippen molar-refractivity contribution in [3.8, 4) is 5.75 Å². The summed E-state index contributed by atoms with van der Waals surface area (Å²) in [5.74, 6) is -1.95. The van der Waals surface area contributed by atoms with Crippen LogP contribution in [0.1, 0.15) is 41.2 Å². The number of anilines is 2. The van der Waals surface area contributed by atoms with E-state index in [1.54, 1.807) is 12.3 Å². The number of ether oxygens (including phenoxy) is 1. The average molecular weight is 523 g/mol. The highest BCUT2D eigenvalue weighted by molar-refractivity contribution is 5.78. The molecule has 1 fully saturated rings. The van der Waals surface area contributed by atoms with Crippen LogP contribution < -0.4 is 15.4 Å². The molecule has 2 aromatic heterocycles. The van der Waals surface area contributed by atoms with E-state index in [1.807, 2.05) is 18.2 Å². The molecule has 9 heteroatoms. The quantitative estimate of drug-likeness (QED) is 0.337. The molecule has 3 heterocycles. The number of nitrogens with zero attached hydrogens (tertiary/aromatic N) is 3. The van der Waals surface area contributed by atoms with Crippen molar-refractivity contribution >= 4 is 22.3 Å². The molecule has 1 aliphatic heterocycles. The second-order valence-electron chi connectivity index (χ2n) is 9.68. The third-order valence-corrected chi connectivity index (χ3v) is 7.31. The number of nitrogen functional groups attached to an aromatic ring is 1. The minimum atomic E-state index is -1.65. The monoisotopic (exact) mass is 522 g/mol. The lowest BCUT2D eigenvalue weighted by molar-refractivity contribution is 0.180. The number of methoxy groups -OCH3 is 1. The molecule has 0 aliphatic carbocycles. The second-order valence-corrected chi connectivity index (χ2v) is 9.68. The molecule has 38 heavy (non-hydrogen) atoms. The lowest BCUT2D eigenvalue weighted by Crippen LogP contribution is -2.46. The van der Waals surface area contributed by atoms with Gasteiger partial charge in [-0.3, -0.25) is 4.98 Å². The van der Waals surface area contributed by atoms with Crippen LogP contribution in [0.15, 0.2) is 47.0 Å². The number of furan rings is 1. The van der Waals surface area contributed by atoms with E-state index >= 15 is 0 Å². The molecule has 2 aromatic carbocycles. The summed E-state index contributed by atoms with van der Waals surface area (Å²) in [4.78, 5) is 9.26. The Bertz CT molecular complexity index is 1460. The second kappa shape index (κ2) is 10.6. The van der Waals surface area contributed by atoms with Crippen molar-refractivity contribution in [2.75, 3.05) is 50.5 Å². The number of piperazine rings is 1. The standard InChI is InChI=1S/C29H32F2N4O3/c1-4-34-7-9-35(10-8-34)21-6-5-18(22(32)15-21)12-20-13-19-14-24(38-25(19)16-33-20)29(36)26-27(30)17(2)11-23(37-3)28(26)31/h5-6,11,13-16,29,36H,4,7-10,12,32H2,1-3H3. The molecule has 5 rings (SSSR count). The summed E-state index contributed by atoms with van der Waals surface area (Å²) in [6.07, 6.45) is 0.400. The number of rotatable bonds is 7. The number of pyridine rings is 1. The van der Waals surface area contributed by atoms with Crippen molar-refractivity contribution in [2.45, 2.75) is 26.4 Å². The van der Waals surface area contributed by atoms with Crippen molar-refractivity contribution in [3.63, 3.8) is 0 Å². The zero-order chi connectivity index (χ0) is 27.0. The summed E-state index contributed by atoms with van der Waals surface area (Å²) < 4.78 is 40.3. The third-order valence-electron chi connectivity index (χ3n) is 7.31. The van der Waals surface area contributed by atoms with Crippen molar-refractivity contribution in [1.29, 1.82) is 0 Å². The van der Waals surface area contributed by atoms with Gasteiger partial charge in [0.15, 0.2) is 17.1 Å². The number of hydrogen-bond donors (Lipinski definition) is 2. The van der Waals surface area contributed by atoms with Crippen molar-refractivity contribution in [2.24, 2.45) is 0 Å². The van der Waals surface area contributed by atoms with Crippen molar-refractivity contribution in [3.05, 3.63) is 82.4 Å². The van der Waals surface area contributed by atoms with Crippen LogP contribution in [-0.2, 0) is 6.42 Å². The van der Waals surface area contributed by atoms with Crippen molar-refractivity contribution < 1.29 is 23.0 Å². The summed E-state index contributed by atoms with van der Waals surface area (Å²) >= 11 is 0. The van der Waals surface area contributed by atoms with Crippen LogP contribution in [0, 0.1) is 18.6 Å². The fraction of sp³-hybridized carbons (Fsp3) is 0.345. The van der Waals surface area contributed by atoms with Crippen LogP contribution in [0.2, 0.25) is 0 Å². The molecule has 0 spiro atoms. The van der Waals surface area contributed by atoms with Gasteiger partial charge in [-0.25, -0.2) is 8.78 Å². The van der Waals surface area contributed by atoms with E-state index < -0.39 is 23.3 Å². The minimum Gasteiger partial charge on any atom is -0.494 e. The van der Waals surface area contributed by atoms with E-state index in [-0.39, 0.29) is 17.1 Å². The molecule has 1 aliphatic rings. The number of halogens is 2. The van der Waals surface area contributed by atoms with Crippen LogP contribution in [-0.4, -0.2) is 54.8 Å². The maximum absolute atomic E-state index is 14.8. The number of aliphatic hydroxyl groups is 1. The van der Waals surface area contributed by atoms with Gasteiger partial charge in [0, 0.05) is 55.1 Å². The summed E-state index contributed by atoms with van der Waals surface area (Å²) in [6, 6.07) is 10.8. The van der Waals surface area contributed by atoms with Gasteiger partial charge in [0.05, 0.1) is 18.9 Å². The largest absolute Gasteiger partial charge is 0.494 e. The molecule has 3 N–H and O–H groups in total. The minimum absolute atomic E-state index is 0.0106. The lowest BCUT2D eigenvalue weighted by atomic mass is 10.0. The fourth-order valence-corrected chi connectivity index (χ4v) is 5.00. The molecule has 7 nitrogen and oxygen atoms in total. The van der Waals surface area contributed by atoms with E-state index in [9.17, 15) is 13.9 Å². The zero-order valence-electron chi connectivity index (χ0n) is 21.8. The van der Waals surface area contributed by atoms with Gasteiger partial charge >= 0.3 is 0 Å². The van der Waals surface area contributed by atoms with Crippen molar-refractivity contribution in [1.82, 2.24) is 9.88 Å². The van der Waals surface area contributed by atoms with Gasteiger partial charge in [0.25, 0.3) is 0 Å². The molecule has 200 valence electrons. The highest BCUT2D eigenvalue weighted by atomic mass is 19.1. The smallest absolute Gasteiger partial charge is 0.174 e. The number of likely N-dealkylation sites (N-methyl/N-ethyl adjacent to an activating group) is 1. The molecular formula is C29H32F2N4O3. The topological polar surface area (TPSA) is 88.0 Å².